The Morgan fingerprint density at radius 1 is 1.13 bits per heavy atom. The number of carbonyl (C=O) groups excluding carboxylic acids is 1. The van der Waals surface area contributed by atoms with Gasteiger partial charge in [-0.25, -0.2) is 8.42 Å². The van der Waals surface area contributed by atoms with Gasteiger partial charge in [0.05, 0.1) is 29.1 Å². The number of carbonyl (C=O) groups is 1. The van der Waals surface area contributed by atoms with Crippen LogP contribution in [0.4, 0.5) is 5.69 Å². The van der Waals surface area contributed by atoms with Gasteiger partial charge in [0.25, 0.3) is 0 Å². The van der Waals surface area contributed by atoms with Crippen molar-refractivity contribution < 1.29 is 17.9 Å². The van der Waals surface area contributed by atoms with Crippen molar-refractivity contribution in [1.29, 1.82) is 0 Å². The van der Waals surface area contributed by atoms with E-state index in [2.05, 4.69) is 10.6 Å². The monoisotopic (exact) mass is 448 g/mol. The second-order valence-electron chi connectivity index (χ2n) is 8.02. The summed E-state index contributed by atoms with van der Waals surface area (Å²) in [6.07, 6.45) is 4.71. The summed E-state index contributed by atoms with van der Waals surface area (Å²) in [7, 11) is -2.31. The van der Waals surface area contributed by atoms with Crippen LogP contribution in [0.25, 0.3) is 0 Å². The molecule has 160 valence electrons. The summed E-state index contributed by atoms with van der Waals surface area (Å²) in [5.74, 6) is 1.76. The molecule has 2 N–H and O–H groups in total. The third-order valence-electron chi connectivity index (χ3n) is 6.13. The number of fused-ring (bicyclic) bond motifs is 2. The molecule has 2 aromatic carbocycles. The van der Waals surface area contributed by atoms with Crippen molar-refractivity contribution in [3.63, 3.8) is 0 Å². The van der Waals surface area contributed by atoms with Gasteiger partial charge in [-0.15, -0.1) is 0 Å². The molecule has 2 aliphatic carbocycles. The van der Waals surface area contributed by atoms with Crippen LogP contribution in [0, 0.1) is 11.8 Å². The first-order chi connectivity index (χ1) is 14.4. The van der Waals surface area contributed by atoms with E-state index in [1.165, 1.54) is 44.6 Å². The molecule has 0 heterocycles. The number of anilines is 1. The van der Waals surface area contributed by atoms with Crippen LogP contribution in [0.3, 0.4) is 0 Å². The molecule has 0 saturated heterocycles. The summed E-state index contributed by atoms with van der Waals surface area (Å²) in [6, 6.07) is 11.0. The molecule has 4 rings (SSSR count). The van der Waals surface area contributed by atoms with Crippen LogP contribution in [-0.2, 0) is 14.6 Å². The molecule has 1 amide bonds. The fourth-order valence-electron chi connectivity index (χ4n) is 4.60. The van der Waals surface area contributed by atoms with Gasteiger partial charge in [0.15, 0.2) is 0 Å². The minimum atomic E-state index is -3.83. The van der Waals surface area contributed by atoms with E-state index >= 15 is 0 Å². The van der Waals surface area contributed by atoms with Gasteiger partial charge in [-0.2, -0.15) is 0 Å². The van der Waals surface area contributed by atoms with Crippen molar-refractivity contribution >= 4 is 33.0 Å². The largest absolute Gasteiger partial charge is 0.497 e. The van der Waals surface area contributed by atoms with Gasteiger partial charge in [0.1, 0.15) is 5.75 Å². The lowest BCUT2D eigenvalue weighted by Crippen LogP contribution is -2.41. The first-order valence-electron chi connectivity index (χ1n) is 10.1. The summed E-state index contributed by atoms with van der Waals surface area (Å²) in [4.78, 5) is 12.6. The second-order valence-corrected chi connectivity index (χ2v) is 10.4. The quantitative estimate of drug-likeness (QED) is 0.671. The van der Waals surface area contributed by atoms with Crippen LogP contribution in [0.2, 0.25) is 5.02 Å². The highest BCUT2D eigenvalue weighted by molar-refractivity contribution is 7.91. The molecule has 8 heteroatoms. The summed E-state index contributed by atoms with van der Waals surface area (Å²) < 4.78 is 31.4. The van der Waals surface area contributed by atoms with E-state index in [-0.39, 0.29) is 28.3 Å². The Kier molecular flexibility index (Phi) is 5.93. The zero-order chi connectivity index (χ0) is 21.3. The average molecular weight is 449 g/mol. The Hall–Kier alpha value is -2.25. The van der Waals surface area contributed by atoms with Gasteiger partial charge in [-0.3, -0.25) is 4.79 Å². The van der Waals surface area contributed by atoms with Crippen molar-refractivity contribution in [1.82, 2.24) is 5.32 Å². The standard InChI is InChI=1S/C22H25ClN2O4S/c1-29-17-5-7-18(8-6-17)30(27,28)21-12-16(23)4-9-19(21)24-13-22(26)25-20-11-14-2-3-15(20)10-14/h4-9,12,14-15,20,24H,2-3,10-11,13H2,1H3,(H,25,26). The van der Waals surface area contributed by atoms with Crippen molar-refractivity contribution in [3.8, 4) is 5.75 Å². The molecule has 2 aliphatic rings. The number of benzene rings is 2. The molecule has 6 nitrogen and oxygen atoms in total. The number of sulfone groups is 1. The molecule has 0 aliphatic heterocycles. The molecule has 3 atom stereocenters. The molecular weight excluding hydrogens is 424 g/mol. The van der Waals surface area contributed by atoms with E-state index in [4.69, 9.17) is 16.3 Å². The number of methoxy groups -OCH3 is 1. The van der Waals surface area contributed by atoms with Gasteiger partial charge in [-0.1, -0.05) is 18.0 Å². The predicted molar refractivity (Wildman–Crippen MR) is 116 cm³/mol. The third kappa shape index (κ3) is 4.27. The fourth-order valence-corrected chi connectivity index (χ4v) is 6.30. The summed E-state index contributed by atoms with van der Waals surface area (Å²) in [5, 5.41) is 6.39. The lowest BCUT2D eigenvalue weighted by molar-refractivity contribution is -0.120. The molecule has 2 aromatic rings. The molecule has 2 saturated carbocycles. The number of nitrogens with one attached hydrogen (secondary N) is 2. The fraction of sp³-hybridized carbons (Fsp3) is 0.409. The zero-order valence-electron chi connectivity index (χ0n) is 16.7. The number of rotatable bonds is 7. The van der Waals surface area contributed by atoms with Crippen LogP contribution < -0.4 is 15.4 Å². The maximum atomic E-state index is 13.2. The maximum Gasteiger partial charge on any atom is 0.239 e. The predicted octanol–water partition coefficient (Wildman–Crippen LogP) is 3.90. The zero-order valence-corrected chi connectivity index (χ0v) is 18.3. The van der Waals surface area contributed by atoms with Crippen molar-refractivity contribution in [3.05, 3.63) is 47.5 Å². The van der Waals surface area contributed by atoms with Crippen LogP contribution in [-0.4, -0.2) is 34.0 Å². The highest BCUT2D eigenvalue weighted by Crippen LogP contribution is 2.44. The van der Waals surface area contributed by atoms with Crippen molar-refractivity contribution in [2.75, 3.05) is 19.0 Å². The number of halogens is 1. The Bertz CT molecular complexity index is 1040. The summed E-state index contributed by atoms with van der Waals surface area (Å²) in [5.41, 5.74) is 0.346. The third-order valence-corrected chi connectivity index (χ3v) is 8.17. The van der Waals surface area contributed by atoms with Gasteiger partial charge in [0, 0.05) is 11.1 Å². The van der Waals surface area contributed by atoms with Gasteiger partial charge in [-0.05, 0) is 73.6 Å². The Balaban J connectivity index is 1.49. The molecule has 2 fully saturated rings. The minimum absolute atomic E-state index is 0.000646. The number of ether oxygens (including phenoxy) is 1. The van der Waals surface area contributed by atoms with Crippen LogP contribution >= 0.6 is 11.6 Å². The molecule has 0 radical (unpaired) electrons. The minimum Gasteiger partial charge on any atom is -0.497 e. The molecule has 2 bridgehead atoms. The topological polar surface area (TPSA) is 84.5 Å². The lowest BCUT2D eigenvalue weighted by atomic mass is 9.95. The molecular formula is C22H25ClN2O4S. The van der Waals surface area contributed by atoms with Crippen molar-refractivity contribution in [2.45, 2.75) is 41.5 Å². The van der Waals surface area contributed by atoms with E-state index in [0.29, 0.717) is 22.4 Å². The number of amides is 1. The Morgan fingerprint density at radius 2 is 1.90 bits per heavy atom. The molecule has 30 heavy (non-hydrogen) atoms. The van der Waals surface area contributed by atoms with Gasteiger partial charge < -0.3 is 15.4 Å². The summed E-state index contributed by atoms with van der Waals surface area (Å²) in [6.45, 7) is 0.000646. The van der Waals surface area contributed by atoms with E-state index < -0.39 is 9.84 Å². The second kappa shape index (κ2) is 8.47. The van der Waals surface area contributed by atoms with Gasteiger partial charge >= 0.3 is 0 Å². The van der Waals surface area contributed by atoms with E-state index in [1.54, 1.807) is 24.3 Å². The normalized spacial score (nSPS) is 22.7. The number of hydrogen-bond donors (Lipinski definition) is 2. The lowest BCUT2D eigenvalue weighted by Gasteiger charge is -2.23. The first kappa shape index (κ1) is 21.0. The molecule has 3 unspecified atom stereocenters. The van der Waals surface area contributed by atoms with Crippen LogP contribution in [0.5, 0.6) is 5.75 Å². The van der Waals surface area contributed by atoms with Gasteiger partial charge in [0.2, 0.25) is 15.7 Å². The van der Waals surface area contributed by atoms with E-state index in [1.807, 2.05) is 0 Å². The van der Waals surface area contributed by atoms with E-state index in [0.717, 1.165) is 12.3 Å². The van der Waals surface area contributed by atoms with E-state index in [9.17, 15) is 13.2 Å². The summed E-state index contributed by atoms with van der Waals surface area (Å²) >= 11 is 6.08. The highest BCUT2D eigenvalue weighted by Gasteiger charge is 2.40. The SMILES string of the molecule is COc1ccc(S(=O)(=O)c2cc(Cl)ccc2NCC(=O)NC2CC3CCC2C3)cc1. The molecule has 0 spiro atoms. The first-order valence-corrected chi connectivity index (χ1v) is 11.9. The molecule has 0 aromatic heterocycles. The smallest absolute Gasteiger partial charge is 0.239 e. The highest BCUT2D eigenvalue weighted by atomic mass is 35.5. The average Bonchev–Trinajstić information content (AvgIpc) is 3.36. The maximum absolute atomic E-state index is 13.2. The van der Waals surface area contributed by atoms with Crippen LogP contribution in [0.1, 0.15) is 25.7 Å². The van der Waals surface area contributed by atoms with Crippen molar-refractivity contribution in [2.24, 2.45) is 11.8 Å². The Labute approximate surface area is 181 Å². The number of hydrogen-bond acceptors (Lipinski definition) is 5. The Morgan fingerprint density at radius 3 is 2.53 bits per heavy atom. The van der Waals surface area contributed by atoms with Crippen LogP contribution in [0.15, 0.2) is 52.3 Å².